The summed E-state index contributed by atoms with van der Waals surface area (Å²) in [6, 6.07) is 3.34. The molecule has 0 saturated carbocycles. The number of rotatable bonds is 7. The second-order valence-corrected chi connectivity index (χ2v) is 9.21. The van der Waals surface area contributed by atoms with Crippen LogP contribution in [0.25, 0.3) is 0 Å². The molecule has 28 heavy (non-hydrogen) atoms. The molecule has 0 aliphatic carbocycles. The van der Waals surface area contributed by atoms with Crippen LogP contribution < -0.4 is 10.6 Å². The number of halogens is 1. The third-order valence-electron chi connectivity index (χ3n) is 4.26. The van der Waals surface area contributed by atoms with Crippen molar-refractivity contribution in [1.82, 2.24) is 10.6 Å². The van der Waals surface area contributed by atoms with Crippen LogP contribution in [-0.2, 0) is 24.2 Å². The molecular formula is C18H23FN2O6S. The first-order valence-corrected chi connectivity index (χ1v) is 10.6. The lowest BCUT2D eigenvalue weighted by Gasteiger charge is -2.21. The molecule has 2 N–H and O–H groups in total. The van der Waals surface area contributed by atoms with Gasteiger partial charge in [0.15, 0.2) is 16.4 Å². The summed E-state index contributed by atoms with van der Waals surface area (Å²) in [4.78, 5) is 36.4. The highest BCUT2D eigenvalue weighted by Crippen LogP contribution is 2.11. The predicted molar refractivity (Wildman–Crippen MR) is 98.7 cm³/mol. The lowest BCUT2D eigenvalue weighted by atomic mass is 10.0. The molecule has 2 rings (SSSR count). The summed E-state index contributed by atoms with van der Waals surface area (Å²) in [6.45, 7) is 2.81. The van der Waals surface area contributed by atoms with Crippen LogP contribution in [0.1, 0.15) is 30.6 Å². The van der Waals surface area contributed by atoms with Gasteiger partial charge in [-0.25, -0.2) is 17.6 Å². The van der Waals surface area contributed by atoms with Gasteiger partial charge in [0, 0.05) is 11.6 Å². The van der Waals surface area contributed by atoms with E-state index in [1.807, 2.05) is 0 Å². The molecule has 0 bridgehead atoms. The maximum Gasteiger partial charge on any atom is 0.329 e. The number of amides is 2. The minimum atomic E-state index is -3.13. The van der Waals surface area contributed by atoms with Crippen molar-refractivity contribution in [1.29, 1.82) is 0 Å². The van der Waals surface area contributed by atoms with Crippen LogP contribution in [0.4, 0.5) is 4.39 Å². The third-order valence-corrected chi connectivity index (χ3v) is 6.02. The highest BCUT2D eigenvalue weighted by molar-refractivity contribution is 7.91. The topological polar surface area (TPSA) is 119 Å². The van der Waals surface area contributed by atoms with Gasteiger partial charge in [0.1, 0.15) is 11.9 Å². The standard InChI is InChI=1S/C18H23FN2O6S/c1-11(2)16(21-17(23)12-3-5-13(19)6-4-12)18(24)27-9-15(22)20-14-7-8-28(25,26)10-14/h3-6,11,14,16H,7-10H2,1-2H3,(H,20,22)(H,21,23). The molecule has 1 fully saturated rings. The van der Waals surface area contributed by atoms with Gasteiger partial charge in [0.05, 0.1) is 11.5 Å². The Morgan fingerprint density at radius 3 is 2.39 bits per heavy atom. The van der Waals surface area contributed by atoms with Gasteiger partial charge in [-0.15, -0.1) is 0 Å². The van der Waals surface area contributed by atoms with E-state index in [-0.39, 0.29) is 23.0 Å². The van der Waals surface area contributed by atoms with E-state index < -0.39 is 52.1 Å². The first kappa shape index (κ1) is 21.8. The number of esters is 1. The molecule has 0 radical (unpaired) electrons. The van der Waals surface area contributed by atoms with Crippen molar-refractivity contribution in [2.45, 2.75) is 32.4 Å². The van der Waals surface area contributed by atoms with Crippen molar-refractivity contribution in [2.24, 2.45) is 5.92 Å². The van der Waals surface area contributed by atoms with E-state index in [0.717, 1.165) is 12.1 Å². The van der Waals surface area contributed by atoms with Gasteiger partial charge in [-0.05, 0) is 36.6 Å². The van der Waals surface area contributed by atoms with Gasteiger partial charge in [-0.2, -0.15) is 0 Å². The summed E-state index contributed by atoms with van der Waals surface area (Å²) in [5.41, 5.74) is 0.181. The lowest BCUT2D eigenvalue weighted by molar-refractivity contribution is -0.151. The maximum absolute atomic E-state index is 13.0. The Morgan fingerprint density at radius 1 is 1.21 bits per heavy atom. The zero-order chi connectivity index (χ0) is 20.9. The fraction of sp³-hybridized carbons (Fsp3) is 0.500. The van der Waals surface area contributed by atoms with Gasteiger partial charge >= 0.3 is 5.97 Å². The zero-order valence-corrected chi connectivity index (χ0v) is 16.4. The quantitative estimate of drug-likeness (QED) is 0.625. The Balaban J connectivity index is 1.87. The highest BCUT2D eigenvalue weighted by atomic mass is 32.2. The van der Waals surface area contributed by atoms with Crippen LogP contribution in [0.2, 0.25) is 0 Å². The SMILES string of the molecule is CC(C)C(NC(=O)c1ccc(F)cc1)C(=O)OCC(=O)NC1CCS(=O)(=O)C1. The highest BCUT2D eigenvalue weighted by Gasteiger charge is 2.30. The summed E-state index contributed by atoms with van der Waals surface area (Å²) in [5.74, 6) is -2.89. The minimum absolute atomic E-state index is 0.0164. The Hall–Kier alpha value is -2.49. The molecule has 2 atom stereocenters. The molecule has 1 aromatic rings. The average Bonchev–Trinajstić information content (AvgIpc) is 2.96. The van der Waals surface area contributed by atoms with Crippen LogP contribution in [0.3, 0.4) is 0 Å². The van der Waals surface area contributed by atoms with Gasteiger partial charge in [-0.3, -0.25) is 9.59 Å². The van der Waals surface area contributed by atoms with Crippen LogP contribution in [0.15, 0.2) is 24.3 Å². The number of carbonyl (C=O) groups excluding carboxylic acids is 3. The van der Waals surface area contributed by atoms with Crippen molar-refractivity contribution >= 4 is 27.6 Å². The summed E-state index contributed by atoms with van der Waals surface area (Å²) >= 11 is 0. The monoisotopic (exact) mass is 414 g/mol. The predicted octanol–water partition coefficient (Wildman–Crippen LogP) is 0.427. The summed E-state index contributed by atoms with van der Waals surface area (Å²) in [7, 11) is -3.13. The van der Waals surface area contributed by atoms with E-state index in [4.69, 9.17) is 4.74 Å². The van der Waals surface area contributed by atoms with Crippen molar-refractivity contribution in [3.05, 3.63) is 35.6 Å². The molecule has 1 aromatic carbocycles. The van der Waals surface area contributed by atoms with Crippen molar-refractivity contribution < 1.29 is 31.9 Å². The van der Waals surface area contributed by atoms with E-state index in [1.165, 1.54) is 12.1 Å². The Kier molecular flexibility index (Phi) is 7.11. The van der Waals surface area contributed by atoms with Gasteiger partial charge < -0.3 is 15.4 Å². The molecule has 0 spiro atoms. The van der Waals surface area contributed by atoms with Crippen LogP contribution >= 0.6 is 0 Å². The number of ether oxygens (including phenoxy) is 1. The largest absolute Gasteiger partial charge is 0.454 e. The molecule has 1 heterocycles. The lowest BCUT2D eigenvalue weighted by Crippen LogP contribution is -2.46. The molecule has 2 unspecified atom stereocenters. The van der Waals surface area contributed by atoms with Gasteiger partial charge in [0.25, 0.3) is 11.8 Å². The Bertz CT molecular complexity index is 838. The fourth-order valence-corrected chi connectivity index (χ4v) is 4.40. The zero-order valence-electron chi connectivity index (χ0n) is 15.6. The van der Waals surface area contributed by atoms with Gasteiger partial charge in [-0.1, -0.05) is 13.8 Å². The van der Waals surface area contributed by atoms with Crippen molar-refractivity contribution in [2.75, 3.05) is 18.1 Å². The number of hydrogen-bond acceptors (Lipinski definition) is 6. The minimum Gasteiger partial charge on any atom is -0.454 e. The molecule has 0 aromatic heterocycles. The third kappa shape index (κ3) is 6.29. The smallest absolute Gasteiger partial charge is 0.329 e. The molecule has 154 valence electrons. The summed E-state index contributed by atoms with van der Waals surface area (Å²) < 4.78 is 40.7. The normalized spacial score (nSPS) is 19.1. The van der Waals surface area contributed by atoms with Crippen LogP contribution in [0, 0.1) is 11.7 Å². The number of carbonyl (C=O) groups is 3. The number of benzene rings is 1. The second kappa shape index (κ2) is 9.13. The van der Waals surface area contributed by atoms with Crippen molar-refractivity contribution in [3.8, 4) is 0 Å². The maximum atomic E-state index is 13.0. The number of hydrogen-bond donors (Lipinski definition) is 2. The van der Waals surface area contributed by atoms with Gasteiger partial charge in [0.2, 0.25) is 0 Å². The van der Waals surface area contributed by atoms with E-state index in [9.17, 15) is 27.2 Å². The van der Waals surface area contributed by atoms with Crippen LogP contribution in [-0.4, -0.2) is 56.4 Å². The van der Waals surface area contributed by atoms with E-state index in [0.29, 0.717) is 6.42 Å². The summed E-state index contributed by atoms with van der Waals surface area (Å²) in [5, 5.41) is 5.02. The molecule has 1 saturated heterocycles. The average molecular weight is 414 g/mol. The Labute approximate surface area is 162 Å². The molecule has 1 aliphatic heterocycles. The van der Waals surface area contributed by atoms with E-state index >= 15 is 0 Å². The van der Waals surface area contributed by atoms with E-state index in [2.05, 4.69) is 10.6 Å². The molecule has 2 amide bonds. The summed E-state index contributed by atoms with van der Waals surface area (Å²) in [6.07, 6.45) is 0.324. The fourth-order valence-electron chi connectivity index (χ4n) is 2.73. The van der Waals surface area contributed by atoms with Crippen molar-refractivity contribution in [3.63, 3.8) is 0 Å². The molecule has 10 heteroatoms. The van der Waals surface area contributed by atoms with E-state index in [1.54, 1.807) is 13.8 Å². The Morgan fingerprint density at radius 2 is 1.86 bits per heavy atom. The molecule has 8 nitrogen and oxygen atoms in total. The van der Waals surface area contributed by atoms with Crippen LogP contribution in [0.5, 0.6) is 0 Å². The molecular weight excluding hydrogens is 391 g/mol. The second-order valence-electron chi connectivity index (χ2n) is 6.98. The number of sulfone groups is 1. The first-order chi connectivity index (χ1) is 13.1. The molecule has 1 aliphatic rings. The number of nitrogens with one attached hydrogen (secondary N) is 2. The first-order valence-electron chi connectivity index (χ1n) is 8.80.